The molecule has 0 N–H and O–H groups in total. The van der Waals surface area contributed by atoms with Crippen LogP contribution in [0.4, 0.5) is 0 Å². The number of rotatable bonds is 3. The van der Waals surface area contributed by atoms with Crippen LogP contribution in [-0.4, -0.2) is 13.1 Å². The summed E-state index contributed by atoms with van der Waals surface area (Å²) in [7, 11) is 1.41. The van der Waals surface area contributed by atoms with E-state index in [1.165, 1.54) is 12.7 Å². The molecule has 0 aliphatic carbocycles. The van der Waals surface area contributed by atoms with E-state index in [1.54, 1.807) is 0 Å². The molecule has 0 saturated heterocycles. The molecule has 0 aliphatic heterocycles. The number of carbonyl (C=O) groups is 1. The molecule has 2 aromatic rings. The summed E-state index contributed by atoms with van der Waals surface area (Å²) in [5.74, 6) is -0.212. The standard InChI is InChI=1S/C16H16O2.C2H6/c1-12-6-8-14(9-7-12)15-5-3-4-13(10-15)11-16(17)18-2;1-2/h3-10H,11H2,1-2H3;1-2H3. The van der Waals surface area contributed by atoms with Crippen LogP contribution in [0.1, 0.15) is 25.0 Å². The second kappa shape index (κ2) is 8.16. The van der Waals surface area contributed by atoms with Gasteiger partial charge in [0.1, 0.15) is 0 Å². The maximum atomic E-state index is 11.3. The lowest BCUT2D eigenvalue weighted by atomic mass is 10.0. The monoisotopic (exact) mass is 270 g/mol. The predicted octanol–water partition coefficient (Wildman–Crippen LogP) is 4.40. The average Bonchev–Trinajstić information content (AvgIpc) is 2.50. The quantitative estimate of drug-likeness (QED) is 0.772. The Labute approximate surface area is 121 Å². The molecule has 0 spiro atoms. The van der Waals surface area contributed by atoms with Crippen molar-refractivity contribution in [1.82, 2.24) is 0 Å². The van der Waals surface area contributed by atoms with Gasteiger partial charge in [-0.25, -0.2) is 0 Å². The number of ether oxygens (including phenoxy) is 1. The van der Waals surface area contributed by atoms with Crippen LogP contribution in [0.15, 0.2) is 48.5 Å². The molecular formula is C18H22O2. The van der Waals surface area contributed by atoms with Gasteiger partial charge in [-0.05, 0) is 23.6 Å². The molecule has 0 bridgehead atoms. The van der Waals surface area contributed by atoms with Gasteiger partial charge < -0.3 is 4.74 Å². The zero-order chi connectivity index (χ0) is 15.0. The minimum Gasteiger partial charge on any atom is -0.469 e. The number of methoxy groups -OCH3 is 1. The van der Waals surface area contributed by atoms with Gasteiger partial charge in [0.25, 0.3) is 0 Å². The Bertz CT molecular complexity index is 542. The van der Waals surface area contributed by atoms with Crippen molar-refractivity contribution in [2.24, 2.45) is 0 Å². The lowest BCUT2D eigenvalue weighted by Gasteiger charge is -2.05. The zero-order valence-electron chi connectivity index (χ0n) is 12.6. The van der Waals surface area contributed by atoms with Gasteiger partial charge in [-0.15, -0.1) is 0 Å². The molecule has 0 amide bonds. The fourth-order valence-corrected chi connectivity index (χ4v) is 1.85. The molecule has 20 heavy (non-hydrogen) atoms. The summed E-state index contributed by atoms with van der Waals surface area (Å²) in [6, 6.07) is 16.3. The summed E-state index contributed by atoms with van der Waals surface area (Å²) in [5, 5.41) is 0. The Kier molecular flexibility index (Phi) is 6.51. The molecule has 2 aromatic carbocycles. The fourth-order valence-electron chi connectivity index (χ4n) is 1.85. The molecule has 0 atom stereocenters. The van der Waals surface area contributed by atoms with E-state index in [0.717, 1.165) is 16.7 Å². The lowest BCUT2D eigenvalue weighted by Crippen LogP contribution is -2.04. The Hall–Kier alpha value is -2.09. The van der Waals surface area contributed by atoms with Crippen LogP contribution in [-0.2, 0) is 16.0 Å². The minimum absolute atomic E-state index is 0.212. The highest BCUT2D eigenvalue weighted by atomic mass is 16.5. The van der Waals surface area contributed by atoms with Crippen molar-refractivity contribution in [3.8, 4) is 11.1 Å². The van der Waals surface area contributed by atoms with Crippen LogP contribution in [0.3, 0.4) is 0 Å². The van der Waals surface area contributed by atoms with Gasteiger partial charge in [-0.2, -0.15) is 0 Å². The van der Waals surface area contributed by atoms with Crippen LogP contribution in [0.2, 0.25) is 0 Å². The molecule has 0 radical (unpaired) electrons. The highest BCUT2D eigenvalue weighted by molar-refractivity contribution is 5.73. The molecule has 2 rings (SSSR count). The lowest BCUT2D eigenvalue weighted by molar-refractivity contribution is -0.139. The van der Waals surface area contributed by atoms with E-state index in [1.807, 2.05) is 38.1 Å². The molecule has 0 aliphatic rings. The van der Waals surface area contributed by atoms with Crippen molar-refractivity contribution in [2.45, 2.75) is 27.2 Å². The number of hydrogen-bond donors (Lipinski definition) is 0. The van der Waals surface area contributed by atoms with E-state index in [4.69, 9.17) is 0 Å². The third-order valence-electron chi connectivity index (χ3n) is 2.89. The fraction of sp³-hybridized carbons (Fsp3) is 0.278. The first-order valence-corrected chi connectivity index (χ1v) is 6.92. The van der Waals surface area contributed by atoms with Gasteiger partial charge in [0.15, 0.2) is 0 Å². The van der Waals surface area contributed by atoms with Gasteiger partial charge in [-0.1, -0.05) is 67.9 Å². The topological polar surface area (TPSA) is 26.3 Å². The number of aryl methyl sites for hydroxylation is 1. The molecule has 0 saturated carbocycles. The third kappa shape index (κ3) is 4.54. The van der Waals surface area contributed by atoms with Crippen LogP contribution in [0, 0.1) is 6.92 Å². The first-order chi connectivity index (χ1) is 9.69. The highest BCUT2D eigenvalue weighted by Gasteiger charge is 2.04. The highest BCUT2D eigenvalue weighted by Crippen LogP contribution is 2.21. The predicted molar refractivity (Wildman–Crippen MR) is 83.7 cm³/mol. The van der Waals surface area contributed by atoms with Crippen molar-refractivity contribution in [2.75, 3.05) is 7.11 Å². The second-order valence-corrected chi connectivity index (χ2v) is 4.32. The average molecular weight is 270 g/mol. The molecule has 0 fully saturated rings. The molecule has 0 unspecified atom stereocenters. The van der Waals surface area contributed by atoms with Crippen LogP contribution in [0.25, 0.3) is 11.1 Å². The third-order valence-corrected chi connectivity index (χ3v) is 2.89. The number of carbonyl (C=O) groups excluding carboxylic acids is 1. The number of esters is 1. The molecule has 0 heterocycles. The van der Waals surface area contributed by atoms with Crippen LogP contribution >= 0.6 is 0 Å². The minimum atomic E-state index is -0.212. The summed E-state index contributed by atoms with van der Waals surface area (Å²) in [4.78, 5) is 11.3. The van der Waals surface area contributed by atoms with Crippen LogP contribution in [0.5, 0.6) is 0 Å². The summed E-state index contributed by atoms with van der Waals surface area (Å²) in [6.07, 6.45) is 0.316. The van der Waals surface area contributed by atoms with Gasteiger partial charge in [0, 0.05) is 0 Å². The van der Waals surface area contributed by atoms with Crippen molar-refractivity contribution in [1.29, 1.82) is 0 Å². The maximum Gasteiger partial charge on any atom is 0.309 e. The van der Waals surface area contributed by atoms with Gasteiger partial charge >= 0.3 is 5.97 Å². The summed E-state index contributed by atoms with van der Waals surface area (Å²) < 4.78 is 4.68. The van der Waals surface area contributed by atoms with Crippen molar-refractivity contribution in [3.63, 3.8) is 0 Å². The van der Waals surface area contributed by atoms with Crippen molar-refractivity contribution < 1.29 is 9.53 Å². The normalized spacial score (nSPS) is 9.40. The maximum absolute atomic E-state index is 11.3. The SMILES string of the molecule is CC.COC(=O)Cc1cccc(-c2ccc(C)cc2)c1. The Morgan fingerprint density at radius 1 is 1.00 bits per heavy atom. The Morgan fingerprint density at radius 2 is 1.65 bits per heavy atom. The molecule has 106 valence electrons. The summed E-state index contributed by atoms with van der Waals surface area (Å²) in [5.41, 5.74) is 4.49. The van der Waals surface area contributed by atoms with Crippen molar-refractivity contribution in [3.05, 3.63) is 59.7 Å². The number of benzene rings is 2. The second-order valence-electron chi connectivity index (χ2n) is 4.32. The number of hydrogen-bond acceptors (Lipinski definition) is 2. The van der Waals surface area contributed by atoms with E-state index < -0.39 is 0 Å². The molecule has 2 nitrogen and oxygen atoms in total. The Balaban J connectivity index is 0.000000956. The van der Waals surface area contributed by atoms with Crippen LogP contribution < -0.4 is 0 Å². The van der Waals surface area contributed by atoms with E-state index in [-0.39, 0.29) is 5.97 Å². The molecule has 2 heteroatoms. The first kappa shape index (κ1) is 16.0. The summed E-state index contributed by atoms with van der Waals surface area (Å²) in [6.45, 7) is 6.07. The summed E-state index contributed by atoms with van der Waals surface area (Å²) >= 11 is 0. The van der Waals surface area contributed by atoms with Gasteiger partial charge in [0.2, 0.25) is 0 Å². The largest absolute Gasteiger partial charge is 0.469 e. The van der Waals surface area contributed by atoms with E-state index >= 15 is 0 Å². The van der Waals surface area contributed by atoms with Gasteiger partial charge in [-0.3, -0.25) is 4.79 Å². The van der Waals surface area contributed by atoms with E-state index in [2.05, 4.69) is 35.9 Å². The first-order valence-electron chi connectivity index (χ1n) is 6.92. The van der Waals surface area contributed by atoms with Gasteiger partial charge in [0.05, 0.1) is 13.5 Å². The van der Waals surface area contributed by atoms with E-state index in [9.17, 15) is 4.79 Å². The molecular weight excluding hydrogens is 248 g/mol. The van der Waals surface area contributed by atoms with E-state index in [0.29, 0.717) is 6.42 Å². The smallest absolute Gasteiger partial charge is 0.309 e. The zero-order valence-corrected chi connectivity index (χ0v) is 12.6. The Morgan fingerprint density at radius 3 is 2.25 bits per heavy atom. The molecule has 0 aromatic heterocycles. The van der Waals surface area contributed by atoms with Crippen molar-refractivity contribution >= 4 is 5.97 Å².